The average molecular weight is 533 g/mol. The number of benzene rings is 2. The third-order valence-electron chi connectivity index (χ3n) is 5.11. The molecule has 12 heteroatoms. The predicted molar refractivity (Wildman–Crippen MR) is 132 cm³/mol. The molecule has 1 atom stereocenters. The second-order valence-corrected chi connectivity index (χ2v) is 10.4. The predicted octanol–water partition coefficient (Wildman–Crippen LogP) is 3.30. The van der Waals surface area contributed by atoms with Gasteiger partial charge in [-0.05, 0) is 36.2 Å². The number of rotatable bonds is 10. The fourth-order valence-corrected chi connectivity index (χ4v) is 4.66. The van der Waals surface area contributed by atoms with E-state index in [9.17, 15) is 22.4 Å². The molecule has 0 unspecified atom stereocenters. The zero-order valence-electron chi connectivity index (χ0n) is 19.3. The molecule has 2 aromatic carbocycles. The topological polar surface area (TPSA) is 90.0 Å². The molecular formula is C22H27Cl2FN4O4S. The number of halogens is 3. The molecule has 2 aromatic rings. The van der Waals surface area contributed by atoms with E-state index < -0.39 is 40.4 Å². The van der Waals surface area contributed by atoms with E-state index in [1.165, 1.54) is 44.2 Å². The van der Waals surface area contributed by atoms with Gasteiger partial charge in [0.25, 0.3) is 0 Å². The number of carbonyl (C=O) groups is 2. The van der Waals surface area contributed by atoms with E-state index in [4.69, 9.17) is 23.2 Å². The van der Waals surface area contributed by atoms with Gasteiger partial charge in [-0.1, -0.05) is 48.3 Å². The summed E-state index contributed by atoms with van der Waals surface area (Å²) in [7, 11) is -0.250. The molecule has 2 rings (SSSR count). The van der Waals surface area contributed by atoms with Gasteiger partial charge in [-0.15, -0.1) is 0 Å². The van der Waals surface area contributed by atoms with Crippen LogP contribution in [0, 0.1) is 5.82 Å². The second kappa shape index (κ2) is 11.8. The lowest BCUT2D eigenvalue weighted by Gasteiger charge is -2.33. The van der Waals surface area contributed by atoms with Gasteiger partial charge in [-0.2, -0.15) is 12.7 Å². The fourth-order valence-electron chi connectivity index (χ4n) is 3.28. The van der Waals surface area contributed by atoms with E-state index in [1.54, 1.807) is 25.1 Å². The van der Waals surface area contributed by atoms with E-state index in [1.807, 2.05) is 0 Å². The van der Waals surface area contributed by atoms with Gasteiger partial charge in [-0.3, -0.25) is 9.59 Å². The van der Waals surface area contributed by atoms with Crippen molar-refractivity contribution in [3.05, 3.63) is 63.9 Å². The minimum absolute atomic E-state index is 0.0469. The summed E-state index contributed by atoms with van der Waals surface area (Å²) >= 11 is 12.1. The molecule has 0 bridgehead atoms. The number of likely N-dealkylation sites (N-methyl/N-ethyl adjacent to an activating group) is 1. The Hall–Kier alpha value is -2.40. The molecule has 2 amide bonds. The van der Waals surface area contributed by atoms with E-state index in [0.717, 1.165) is 10.4 Å². The first-order chi connectivity index (χ1) is 15.9. The summed E-state index contributed by atoms with van der Waals surface area (Å²) in [4.78, 5) is 27.3. The molecule has 0 radical (unpaired) electrons. The van der Waals surface area contributed by atoms with Crippen LogP contribution in [-0.2, 0) is 26.3 Å². The van der Waals surface area contributed by atoms with Crippen molar-refractivity contribution in [1.29, 1.82) is 0 Å². The van der Waals surface area contributed by atoms with Crippen molar-refractivity contribution in [1.82, 2.24) is 14.5 Å². The summed E-state index contributed by atoms with van der Waals surface area (Å²) in [6, 6.07) is 9.11. The van der Waals surface area contributed by atoms with Crippen molar-refractivity contribution in [3.8, 4) is 0 Å². The summed E-state index contributed by atoms with van der Waals surface area (Å²) in [5.41, 5.74) is 0.296. The fraction of sp³-hybridized carbons (Fsp3) is 0.364. The van der Waals surface area contributed by atoms with Crippen LogP contribution >= 0.6 is 23.2 Å². The molecule has 0 heterocycles. The molecule has 0 aliphatic heterocycles. The number of para-hydroxylation sites is 1. The summed E-state index contributed by atoms with van der Waals surface area (Å²) in [5.74, 6) is -1.94. The zero-order valence-corrected chi connectivity index (χ0v) is 21.6. The Morgan fingerprint density at radius 2 is 1.74 bits per heavy atom. The number of anilines is 1. The molecule has 34 heavy (non-hydrogen) atoms. The summed E-state index contributed by atoms with van der Waals surface area (Å²) < 4.78 is 42.2. The van der Waals surface area contributed by atoms with Crippen LogP contribution in [0.15, 0.2) is 42.5 Å². The van der Waals surface area contributed by atoms with Gasteiger partial charge in [-0.25, -0.2) is 8.70 Å². The normalized spacial score (nSPS) is 12.4. The first-order valence-corrected chi connectivity index (χ1v) is 12.5. The van der Waals surface area contributed by atoms with Crippen LogP contribution in [0.3, 0.4) is 0 Å². The summed E-state index contributed by atoms with van der Waals surface area (Å²) in [6.45, 7) is 0.950. The number of nitrogens with one attached hydrogen (secondary N) is 1. The lowest BCUT2D eigenvalue weighted by molar-refractivity contribution is -0.140. The maximum atomic E-state index is 14.6. The van der Waals surface area contributed by atoms with Gasteiger partial charge in [0.1, 0.15) is 18.4 Å². The molecule has 8 nitrogen and oxygen atoms in total. The van der Waals surface area contributed by atoms with Crippen LogP contribution in [0.2, 0.25) is 10.0 Å². The minimum atomic E-state index is -4.25. The minimum Gasteiger partial charge on any atom is -0.357 e. The van der Waals surface area contributed by atoms with Crippen LogP contribution in [0.4, 0.5) is 10.1 Å². The lowest BCUT2D eigenvalue weighted by Crippen LogP contribution is -2.53. The largest absolute Gasteiger partial charge is 0.357 e. The highest BCUT2D eigenvalue weighted by Crippen LogP contribution is 2.26. The zero-order chi connectivity index (χ0) is 25.6. The number of carbonyl (C=O) groups excluding carboxylic acids is 2. The SMILES string of the molecule is CC[C@@H](C(=O)NC)N(Cc1ccc(Cl)c(Cl)c1)C(=O)CN(c1ccccc1F)S(=O)(=O)N(C)C. The number of amides is 2. The molecule has 0 aliphatic carbocycles. The quantitative estimate of drug-likeness (QED) is 0.508. The van der Waals surface area contributed by atoms with Gasteiger partial charge in [0.2, 0.25) is 11.8 Å². The van der Waals surface area contributed by atoms with Crippen LogP contribution in [0.1, 0.15) is 18.9 Å². The smallest absolute Gasteiger partial charge is 0.304 e. The maximum Gasteiger partial charge on any atom is 0.304 e. The molecule has 0 saturated carbocycles. The Bertz CT molecular complexity index is 1150. The van der Waals surface area contributed by atoms with Crippen molar-refractivity contribution < 1.29 is 22.4 Å². The van der Waals surface area contributed by atoms with Gasteiger partial charge in [0.15, 0.2) is 0 Å². The van der Waals surface area contributed by atoms with Gasteiger partial charge in [0, 0.05) is 27.7 Å². The van der Waals surface area contributed by atoms with Crippen LogP contribution in [-0.4, -0.2) is 63.2 Å². The third kappa shape index (κ3) is 6.38. The highest BCUT2D eigenvalue weighted by molar-refractivity contribution is 7.90. The Balaban J connectivity index is 2.53. The Morgan fingerprint density at radius 3 is 2.26 bits per heavy atom. The molecule has 0 saturated heterocycles. The van der Waals surface area contributed by atoms with Gasteiger partial charge >= 0.3 is 10.2 Å². The third-order valence-corrected chi connectivity index (χ3v) is 7.65. The molecule has 0 fully saturated rings. The van der Waals surface area contributed by atoms with E-state index >= 15 is 0 Å². The standard InChI is InChI=1S/C22H27Cl2FN4O4S/c1-5-19(22(31)26-2)28(13-15-10-11-16(23)17(24)12-15)21(30)14-29(34(32,33)27(3)4)20-9-7-6-8-18(20)25/h6-12,19H,5,13-14H2,1-4H3,(H,26,31)/t19-/m0/s1. The Kier molecular flexibility index (Phi) is 9.69. The highest BCUT2D eigenvalue weighted by Gasteiger charge is 2.34. The molecule has 0 spiro atoms. The van der Waals surface area contributed by atoms with E-state index in [-0.39, 0.29) is 23.7 Å². The molecule has 0 aromatic heterocycles. The average Bonchev–Trinajstić information content (AvgIpc) is 2.79. The summed E-state index contributed by atoms with van der Waals surface area (Å²) in [5, 5.41) is 3.11. The number of hydrogen-bond donors (Lipinski definition) is 1. The molecule has 186 valence electrons. The summed E-state index contributed by atoms with van der Waals surface area (Å²) in [6.07, 6.45) is 0.257. The monoisotopic (exact) mass is 532 g/mol. The van der Waals surface area contributed by atoms with Gasteiger partial charge < -0.3 is 10.2 Å². The highest BCUT2D eigenvalue weighted by atomic mass is 35.5. The number of nitrogens with zero attached hydrogens (tertiary/aromatic N) is 3. The van der Waals surface area contributed by atoms with Crippen LogP contribution in [0.25, 0.3) is 0 Å². The second-order valence-electron chi connectivity index (χ2n) is 7.56. The maximum absolute atomic E-state index is 14.6. The van der Waals surface area contributed by atoms with Crippen molar-refractivity contribution in [2.75, 3.05) is 32.0 Å². The van der Waals surface area contributed by atoms with Crippen LogP contribution < -0.4 is 9.62 Å². The Morgan fingerprint density at radius 1 is 1.09 bits per heavy atom. The van der Waals surface area contributed by atoms with Crippen molar-refractivity contribution >= 4 is 50.9 Å². The van der Waals surface area contributed by atoms with Gasteiger partial charge in [0.05, 0.1) is 15.7 Å². The van der Waals surface area contributed by atoms with E-state index in [0.29, 0.717) is 14.9 Å². The van der Waals surface area contributed by atoms with Crippen molar-refractivity contribution in [2.24, 2.45) is 0 Å². The molecule has 0 aliphatic rings. The van der Waals surface area contributed by atoms with Crippen LogP contribution in [0.5, 0.6) is 0 Å². The first kappa shape index (κ1) is 27.8. The van der Waals surface area contributed by atoms with Crippen molar-refractivity contribution in [3.63, 3.8) is 0 Å². The molecule has 1 N–H and O–H groups in total. The number of hydrogen-bond acceptors (Lipinski definition) is 4. The Labute approximate surface area is 209 Å². The lowest BCUT2D eigenvalue weighted by atomic mass is 10.1. The first-order valence-electron chi connectivity index (χ1n) is 10.3. The molecular weight excluding hydrogens is 506 g/mol. The van der Waals surface area contributed by atoms with E-state index in [2.05, 4.69) is 5.32 Å². The van der Waals surface area contributed by atoms with Crippen molar-refractivity contribution in [2.45, 2.75) is 25.9 Å².